The van der Waals surface area contributed by atoms with Crippen LogP contribution in [0.3, 0.4) is 0 Å². The van der Waals surface area contributed by atoms with E-state index in [1.807, 2.05) is 0 Å². The average molecular weight is 521 g/mol. The van der Waals surface area contributed by atoms with Crippen molar-refractivity contribution in [3.05, 3.63) is 77.5 Å². The zero-order chi connectivity index (χ0) is 26.0. The van der Waals surface area contributed by atoms with E-state index >= 15 is 0 Å². The molecule has 0 aliphatic rings. The normalized spacial score (nSPS) is 11.4. The Hall–Kier alpha value is -4.19. The first-order valence-electron chi connectivity index (χ1n) is 10.3. The van der Waals surface area contributed by atoms with Crippen LogP contribution in [0.25, 0.3) is 16.9 Å². The number of benzene rings is 2. The van der Waals surface area contributed by atoms with Crippen LogP contribution < -0.4 is 10.2 Å². The van der Waals surface area contributed by atoms with Gasteiger partial charge in [0.05, 0.1) is 5.02 Å². The van der Waals surface area contributed by atoms with Gasteiger partial charge in [-0.05, 0) is 42.0 Å². The number of halogens is 5. The number of anilines is 3. The molecule has 2 heterocycles. The van der Waals surface area contributed by atoms with Crippen LogP contribution in [0.5, 0.6) is 0 Å². The van der Waals surface area contributed by atoms with Crippen molar-refractivity contribution in [2.45, 2.75) is 6.18 Å². The standard InChI is InChI=1S/C23H17ClF4N6O2/c1-33(12-20(35)36)15-4-2-3-13(9-15)16-11-29-22(30-14-5-6-18(25)17(24)10-14)31-21(16)34-8-7-19(32-34)23(26,27)28/h2-11H,12H2,1H3,(H,35,36)(H,29,30,31). The van der Waals surface area contributed by atoms with Gasteiger partial charge >= 0.3 is 12.1 Å². The molecule has 0 unspecified atom stereocenters. The van der Waals surface area contributed by atoms with Crippen molar-refractivity contribution in [1.29, 1.82) is 0 Å². The van der Waals surface area contributed by atoms with E-state index in [1.54, 1.807) is 31.3 Å². The number of likely N-dealkylation sites (N-methyl/N-ethyl adjacent to an activating group) is 1. The zero-order valence-electron chi connectivity index (χ0n) is 18.5. The van der Waals surface area contributed by atoms with Gasteiger partial charge in [-0.2, -0.15) is 23.3 Å². The summed E-state index contributed by atoms with van der Waals surface area (Å²) in [5.74, 6) is -1.63. The molecule has 0 atom stereocenters. The van der Waals surface area contributed by atoms with E-state index in [-0.39, 0.29) is 23.3 Å². The van der Waals surface area contributed by atoms with E-state index < -0.39 is 23.7 Å². The van der Waals surface area contributed by atoms with E-state index in [9.17, 15) is 22.4 Å². The quantitative estimate of drug-likeness (QED) is 0.315. The summed E-state index contributed by atoms with van der Waals surface area (Å²) in [6.45, 7) is -0.260. The molecule has 0 saturated heterocycles. The van der Waals surface area contributed by atoms with Gasteiger partial charge in [-0.1, -0.05) is 23.7 Å². The summed E-state index contributed by atoms with van der Waals surface area (Å²) in [7, 11) is 1.59. The molecule has 2 aromatic heterocycles. The molecule has 36 heavy (non-hydrogen) atoms. The number of hydrogen-bond donors (Lipinski definition) is 2. The molecular weight excluding hydrogens is 504 g/mol. The van der Waals surface area contributed by atoms with Crippen LogP contribution in [0.4, 0.5) is 34.9 Å². The SMILES string of the molecule is CN(CC(=O)O)c1cccc(-c2cnc(Nc3ccc(F)c(Cl)c3)nc2-n2ccc(C(F)(F)F)n2)c1. The Labute approximate surface area is 206 Å². The topological polar surface area (TPSA) is 96.2 Å². The van der Waals surface area contributed by atoms with Crippen molar-refractivity contribution in [3.8, 4) is 16.9 Å². The van der Waals surface area contributed by atoms with E-state index in [0.29, 0.717) is 22.5 Å². The lowest BCUT2D eigenvalue weighted by Gasteiger charge is -2.18. The number of carbonyl (C=O) groups is 1. The highest BCUT2D eigenvalue weighted by Crippen LogP contribution is 2.32. The van der Waals surface area contributed by atoms with Crippen LogP contribution in [0.15, 0.2) is 60.9 Å². The maximum atomic E-state index is 13.5. The first kappa shape index (κ1) is 24.9. The Morgan fingerprint density at radius 1 is 1.19 bits per heavy atom. The van der Waals surface area contributed by atoms with Crippen LogP contribution in [0.2, 0.25) is 5.02 Å². The summed E-state index contributed by atoms with van der Waals surface area (Å²) in [6.07, 6.45) is -2.15. The van der Waals surface area contributed by atoms with Crippen molar-refractivity contribution in [3.63, 3.8) is 0 Å². The first-order chi connectivity index (χ1) is 17.0. The van der Waals surface area contributed by atoms with Crippen LogP contribution in [-0.4, -0.2) is 44.4 Å². The lowest BCUT2D eigenvalue weighted by atomic mass is 10.1. The second-order valence-electron chi connectivity index (χ2n) is 7.63. The molecule has 0 aliphatic heterocycles. The molecule has 0 spiro atoms. The molecular formula is C23H17ClF4N6O2. The Balaban J connectivity index is 1.79. The van der Waals surface area contributed by atoms with Crippen molar-refractivity contribution in [2.75, 3.05) is 23.8 Å². The third-order valence-electron chi connectivity index (χ3n) is 5.01. The van der Waals surface area contributed by atoms with Crippen LogP contribution in [0, 0.1) is 5.82 Å². The van der Waals surface area contributed by atoms with Gasteiger partial charge in [0.2, 0.25) is 5.95 Å². The van der Waals surface area contributed by atoms with Crippen LogP contribution in [0.1, 0.15) is 5.69 Å². The molecule has 0 bridgehead atoms. The predicted octanol–water partition coefficient (Wildman–Crippen LogP) is 5.41. The molecule has 0 amide bonds. The number of aromatic nitrogens is 4. The monoisotopic (exact) mass is 520 g/mol. The summed E-state index contributed by atoms with van der Waals surface area (Å²) >= 11 is 5.81. The molecule has 0 saturated carbocycles. The Morgan fingerprint density at radius 3 is 2.64 bits per heavy atom. The molecule has 13 heteroatoms. The summed E-state index contributed by atoms with van der Waals surface area (Å²) in [4.78, 5) is 21.2. The number of nitrogens with zero attached hydrogens (tertiary/aromatic N) is 5. The van der Waals surface area contributed by atoms with Gasteiger partial charge in [-0.3, -0.25) is 4.79 Å². The van der Waals surface area contributed by atoms with Crippen LogP contribution in [-0.2, 0) is 11.0 Å². The average Bonchev–Trinajstić information content (AvgIpc) is 3.32. The fourth-order valence-corrected chi connectivity index (χ4v) is 3.49. The van der Waals surface area contributed by atoms with E-state index in [4.69, 9.17) is 16.7 Å². The smallest absolute Gasteiger partial charge is 0.435 e. The summed E-state index contributed by atoms with van der Waals surface area (Å²) in [5, 5.41) is 15.4. The molecule has 0 radical (unpaired) electrons. The van der Waals surface area contributed by atoms with Crippen LogP contribution >= 0.6 is 11.6 Å². The summed E-state index contributed by atoms with van der Waals surface area (Å²) in [6, 6.07) is 11.4. The predicted molar refractivity (Wildman–Crippen MR) is 125 cm³/mol. The number of carboxylic acid groups (broad SMARTS) is 1. The minimum absolute atomic E-state index is 0.000339. The van der Waals surface area contributed by atoms with Gasteiger partial charge in [-0.15, -0.1) is 0 Å². The van der Waals surface area contributed by atoms with Crippen molar-refractivity contribution in [1.82, 2.24) is 19.7 Å². The van der Waals surface area contributed by atoms with Gasteiger partial charge in [0.25, 0.3) is 0 Å². The summed E-state index contributed by atoms with van der Waals surface area (Å²) < 4.78 is 54.1. The lowest BCUT2D eigenvalue weighted by Crippen LogP contribution is -2.24. The minimum Gasteiger partial charge on any atom is -0.480 e. The second kappa shape index (κ2) is 9.82. The molecule has 2 aromatic carbocycles. The van der Waals surface area contributed by atoms with Gasteiger partial charge in [-0.25, -0.2) is 14.1 Å². The Bertz CT molecular complexity index is 1430. The first-order valence-corrected chi connectivity index (χ1v) is 10.6. The number of hydrogen-bond acceptors (Lipinski definition) is 6. The highest BCUT2D eigenvalue weighted by Gasteiger charge is 2.34. The fraction of sp³-hybridized carbons (Fsp3) is 0.130. The van der Waals surface area contributed by atoms with Gasteiger partial charge in [0, 0.05) is 36.4 Å². The largest absolute Gasteiger partial charge is 0.480 e. The number of alkyl halides is 3. The maximum absolute atomic E-state index is 13.5. The zero-order valence-corrected chi connectivity index (χ0v) is 19.2. The van der Waals surface area contributed by atoms with Crippen molar-refractivity contribution in [2.24, 2.45) is 0 Å². The Kier molecular flexibility index (Phi) is 6.80. The second-order valence-corrected chi connectivity index (χ2v) is 8.04. The maximum Gasteiger partial charge on any atom is 0.435 e. The molecule has 0 fully saturated rings. The number of nitrogens with one attached hydrogen (secondary N) is 1. The molecule has 186 valence electrons. The van der Waals surface area contributed by atoms with E-state index in [0.717, 1.165) is 23.0 Å². The molecule has 4 aromatic rings. The molecule has 2 N–H and O–H groups in total. The number of carboxylic acids is 1. The van der Waals surface area contributed by atoms with Gasteiger partial charge in [0.1, 0.15) is 12.4 Å². The lowest BCUT2D eigenvalue weighted by molar-refractivity contribution is -0.141. The molecule has 4 rings (SSSR count). The molecule has 8 nitrogen and oxygen atoms in total. The highest BCUT2D eigenvalue weighted by atomic mass is 35.5. The fourth-order valence-electron chi connectivity index (χ4n) is 3.31. The third-order valence-corrected chi connectivity index (χ3v) is 5.30. The summed E-state index contributed by atoms with van der Waals surface area (Å²) in [5.41, 5.74) is 0.649. The third kappa shape index (κ3) is 5.54. The highest BCUT2D eigenvalue weighted by molar-refractivity contribution is 6.31. The minimum atomic E-state index is -4.66. The van der Waals surface area contributed by atoms with Gasteiger partial charge in [0.15, 0.2) is 11.5 Å². The number of rotatable bonds is 7. The molecule has 0 aliphatic carbocycles. The van der Waals surface area contributed by atoms with Gasteiger partial charge < -0.3 is 15.3 Å². The van der Waals surface area contributed by atoms with E-state index in [2.05, 4.69) is 20.4 Å². The Morgan fingerprint density at radius 2 is 1.97 bits per heavy atom. The van der Waals surface area contributed by atoms with Crippen molar-refractivity contribution >= 4 is 34.9 Å². The number of aliphatic carboxylic acids is 1. The van der Waals surface area contributed by atoms with Crippen molar-refractivity contribution < 1.29 is 27.5 Å². The van der Waals surface area contributed by atoms with E-state index in [1.165, 1.54) is 23.2 Å².